The summed E-state index contributed by atoms with van der Waals surface area (Å²) in [5, 5.41) is 8.30. The quantitative estimate of drug-likeness (QED) is 0.566. The summed E-state index contributed by atoms with van der Waals surface area (Å²) in [5.74, 6) is 7.21. The van der Waals surface area contributed by atoms with Gasteiger partial charge in [0.25, 0.3) is 0 Å². The van der Waals surface area contributed by atoms with Gasteiger partial charge in [0.15, 0.2) is 0 Å². The summed E-state index contributed by atoms with van der Waals surface area (Å²) in [6.07, 6.45) is 0. The van der Waals surface area contributed by atoms with Crippen LogP contribution in [0.1, 0.15) is 11.8 Å². The first-order chi connectivity index (χ1) is 14.8. The highest BCUT2D eigenvalue weighted by Gasteiger charge is 2.17. The van der Waals surface area contributed by atoms with E-state index < -0.39 is 0 Å². The van der Waals surface area contributed by atoms with Crippen LogP contribution in [-0.2, 0) is 13.1 Å². The molecule has 0 amide bonds. The number of benzene rings is 1. The van der Waals surface area contributed by atoms with Crippen molar-refractivity contribution in [3.8, 4) is 22.8 Å². The number of thioether (sulfide) groups is 2. The van der Waals surface area contributed by atoms with Crippen LogP contribution in [0.4, 0.5) is 0 Å². The Labute approximate surface area is 183 Å². The van der Waals surface area contributed by atoms with E-state index >= 15 is 0 Å². The molecular weight excluding hydrogens is 420 g/mol. The van der Waals surface area contributed by atoms with Gasteiger partial charge in [0.05, 0.1) is 13.1 Å². The molecule has 0 saturated carbocycles. The zero-order valence-electron chi connectivity index (χ0n) is 16.7. The predicted octanol–water partition coefficient (Wildman–Crippen LogP) is 2.88. The Hall–Kier alpha value is -1.88. The van der Waals surface area contributed by atoms with Crippen molar-refractivity contribution in [1.29, 1.82) is 0 Å². The molecule has 0 radical (unpaired) electrons. The maximum Gasteiger partial charge on any atom is 0.241 e. The maximum absolute atomic E-state index is 5.46. The standard InChI is InChI=1S/C20H24N6O2S2/c1-2-16(20-22-18(28-24-20)14-26-7-11-30-12-8-26)4-3-15(1)19-21-17(27-23-19)13-25-5-9-29-10-6-25/h1-4H,5-14H2. The minimum absolute atomic E-state index is 0.611. The Kier molecular flexibility index (Phi) is 6.35. The monoisotopic (exact) mass is 444 g/mol. The summed E-state index contributed by atoms with van der Waals surface area (Å²) in [6.45, 7) is 5.71. The van der Waals surface area contributed by atoms with Gasteiger partial charge in [-0.2, -0.15) is 33.5 Å². The molecule has 0 N–H and O–H groups in total. The number of hydrogen-bond acceptors (Lipinski definition) is 10. The average Bonchev–Trinajstić information content (AvgIpc) is 3.45. The molecule has 0 unspecified atom stereocenters. The van der Waals surface area contributed by atoms with Gasteiger partial charge >= 0.3 is 0 Å². The average molecular weight is 445 g/mol. The molecule has 2 aromatic heterocycles. The van der Waals surface area contributed by atoms with E-state index in [0.717, 1.165) is 60.3 Å². The lowest BCUT2D eigenvalue weighted by Gasteiger charge is -2.24. The van der Waals surface area contributed by atoms with Gasteiger partial charge in [0.1, 0.15) is 0 Å². The lowest BCUT2D eigenvalue weighted by atomic mass is 10.1. The van der Waals surface area contributed by atoms with Gasteiger partial charge in [0, 0.05) is 60.3 Å². The van der Waals surface area contributed by atoms with Gasteiger partial charge in [-0.25, -0.2) is 0 Å². The molecule has 10 heteroatoms. The summed E-state index contributed by atoms with van der Waals surface area (Å²) >= 11 is 3.98. The third-order valence-corrected chi connectivity index (χ3v) is 7.15. The highest BCUT2D eigenvalue weighted by atomic mass is 32.2. The van der Waals surface area contributed by atoms with Crippen LogP contribution in [0.2, 0.25) is 0 Å². The van der Waals surface area contributed by atoms with Crippen molar-refractivity contribution >= 4 is 23.5 Å². The van der Waals surface area contributed by atoms with E-state index in [9.17, 15) is 0 Å². The zero-order valence-corrected chi connectivity index (χ0v) is 18.3. The smallest absolute Gasteiger partial charge is 0.241 e. The van der Waals surface area contributed by atoms with Crippen molar-refractivity contribution in [2.24, 2.45) is 0 Å². The van der Waals surface area contributed by atoms with Gasteiger partial charge in [-0.3, -0.25) is 9.80 Å². The van der Waals surface area contributed by atoms with Crippen LogP contribution >= 0.6 is 23.5 Å². The van der Waals surface area contributed by atoms with E-state index in [2.05, 4.69) is 30.1 Å². The highest BCUT2D eigenvalue weighted by molar-refractivity contribution is 7.99. The Balaban J connectivity index is 1.22. The fourth-order valence-corrected chi connectivity index (χ4v) is 5.50. The first-order valence-electron chi connectivity index (χ1n) is 10.2. The minimum atomic E-state index is 0.611. The number of aromatic nitrogens is 4. The molecule has 2 fully saturated rings. The third-order valence-electron chi connectivity index (χ3n) is 5.26. The van der Waals surface area contributed by atoms with E-state index in [-0.39, 0.29) is 0 Å². The van der Waals surface area contributed by atoms with E-state index in [1.807, 2.05) is 47.8 Å². The third kappa shape index (κ3) is 4.88. The van der Waals surface area contributed by atoms with Crippen LogP contribution in [0.3, 0.4) is 0 Å². The number of hydrogen-bond donors (Lipinski definition) is 0. The SMILES string of the molecule is c1cc(-c2noc(CN3CCSCC3)n2)ccc1-c1noc(CN2CCSCC2)n1. The molecule has 3 aromatic rings. The van der Waals surface area contributed by atoms with Crippen molar-refractivity contribution in [2.75, 3.05) is 49.2 Å². The van der Waals surface area contributed by atoms with Gasteiger partial charge in [0.2, 0.25) is 23.4 Å². The molecular formula is C20H24N6O2S2. The summed E-state index contributed by atoms with van der Waals surface area (Å²) in [6, 6.07) is 7.89. The van der Waals surface area contributed by atoms with Crippen LogP contribution in [0.25, 0.3) is 22.8 Å². The molecule has 0 atom stereocenters. The van der Waals surface area contributed by atoms with Crippen LogP contribution in [0.5, 0.6) is 0 Å². The van der Waals surface area contributed by atoms with Crippen molar-refractivity contribution in [2.45, 2.75) is 13.1 Å². The van der Waals surface area contributed by atoms with E-state index in [1.165, 1.54) is 0 Å². The molecule has 1 aromatic carbocycles. The second-order valence-electron chi connectivity index (χ2n) is 7.38. The summed E-state index contributed by atoms with van der Waals surface area (Å²) in [4.78, 5) is 13.8. The first-order valence-corrected chi connectivity index (χ1v) is 12.5. The summed E-state index contributed by atoms with van der Waals surface area (Å²) in [7, 11) is 0. The Morgan fingerprint density at radius 2 is 1.07 bits per heavy atom. The minimum Gasteiger partial charge on any atom is -0.338 e. The van der Waals surface area contributed by atoms with Crippen LogP contribution in [0, 0.1) is 0 Å². The van der Waals surface area contributed by atoms with Crippen molar-refractivity contribution < 1.29 is 9.05 Å². The molecule has 8 nitrogen and oxygen atoms in total. The van der Waals surface area contributed by atoms with Gasteiger partial charge < -0.3 is 9.05 Å². The predicted molar refractivity (Wildman–Crippen MR) is 118 cm³/mol. The zero-order chi connectivity index (χ0) is 20.2. The number of rotatable bonds is 6. The van der Waals surface area contributed by atoms with Crippen molar-refractivity contribution in [1.82, 2.24) is 30.1 Å². The lowest BCUT2D eigenvalue weighted by Crippen LogP contribution is -2.32. The van der Waals surface area contributed by atoms with Crippen LogP contribution < -0.4 is 0 Å². The fraction of sp³-hybridized carbons (Fsp3) is 0.500. The lowest BCUT2D eigenvalue weighted by molar-refractivity contribution is 0.245. The molecule has 2 saturated heterocycles. The topological polar surface area (TPSA) is 84.3 Å². The second-order valence-corrected chi connectivity index (χ2v) is 9.83. The molecule has 2 aliphatic heterocycles. The largest absolute Gasteiger partial charge is 0.338 e. The first kappa shape index (κ1) is 20.0. The molecule has 30 heavy (non-hydrogen) atoms. The van der Waals surface area contributed by atoms with E-state index in [4.69, 9.17) is 9.05 Å². The Morgan fingerprint density at radius 3 is 1.47 bits per heavy atom. The molecule has 4 heterocycles. The molecule has 0 bridgehead atoms. The Morgan fingerprint density at radius 1 is 0.667 bits per heavy atom. The fourth-order valence-electron chi connectivity index (χ4n) is 3.54. The normalized spacial score (nSPS) is 18.7. The Bertz CT molecular complexity index is 871. The molecule has 158 valence electrons. The van der Waals surface area contributed by atoms with E-state index in [0.29, 0.717) is 36.5 Å². The van der Waals surface area contributed by atoms with Crippen molar-refractivity contribution in [3.05, 3.63) is 36.0 Å². The van der Waals surface area contributed by atoms with E-state index in [1.54, 1.807) is 0 Å². The summed E-state index contributed by atoms with van der Waals surface area (Å²) in [5.41, 5.74) is 1.83. The molecule has 5 rings (SSSR count). The van der Waals surface area contributed by atoms with Crippen molar-refractivity contribution in [3.63, 3.8) is 0 Å². The second kappa shape index (κ2) is 9.51. The van der Waals surface area contributed by atoms with Gasteiger partial charge in [-0.1, -0.05) is 34.6 Å². The highest BCUT2D eigenvalue weighted by Crippen LogP contribution is 2.23. The number of nitrogens with zero attached hydrogens (tertiary/aromatic N) is 6. The van der Waals surface area contributed by atoms with Gasteiger partial charge in [-0.15, -0.1) is 0 Å². The maximum atomic E-state index is 5.46. The summed E-state index contributed by atoms with van der Waals surface area (Å²) < 4.78 is 10.9. The van der Waals surface area contributed by atoms with Crippen LogP contribution in [0.15, 0.2) is 33.3 Å². The molecule has 0 aliphatic carbocycles. The van der Waals surface area contributed by atoms with Gasteiger partial charge in [-0.05, 0) is 0 Å². The van der Waals surface area contributed by atoms with Crippen LogP contribution in [-0.4, -0.2) is 79.3 Å². The molecule has 0 spiro atoms. The molecule has 2 aliphatic rings.